The van der Waals surface area contributed by atoms with Gasteiger partial charge in [-0.05, 0) is 31.2 Å². The summed E-state index contributed by atoms with van der Waals surface area (Å²) in [5.74, 6) is -0.103. The summed E-state index contributed by atoms with van der Waals surface area (Å²) in [6.07, 6.45) is 3.82. The molecule has 0 bridgehead atoms. The predicted octanol–water partition coefficient (Wildman–Crippen LogP) is 2.19. The van der Waals surface area contributed by atoms with E-state index in [0.29, 0.717) is 30.2 Å². The number of hydrogen-bond donors (Lipinski definition) is 2. The lowest BCUT2D eigenvalue weighted by Crippen LogP contribution is -2.37. The van der Waals surface area contributed by atoms with Crippen LogP contribution in [0.2, 0.25) is 0 Å². The molecule has 0 radical (unpaired) electrons. The lowest BCUT2D eigenvalue weighted by Gasteiger charge is -2.19. The van der Waals surface area contributed by atoms with Crippen LogP contribution in [0.25, 0.3) is 0 Å². The summed E-state index contributed by atoms with van der Waals surface area (Å²) in [7, 11) is 0. The van der Waals surface area contributed by atoms with Crippen molar-refractivity contribution in [3.8, 4) is 5.75 Å². The van der Waals surface area contributed by atoms with E-state index < -0.39 is 5.82 Å². The van der Waals surface area contributed by atoms with Crippen LogP contribution in [-0.2, 0) is 11.3 Å². The van der Waals surface area contributed by atoms with Crippen molar-refractivity contribution in [3.05, 3.63) is 29.6 Å². The van der Waals surface area contributed by atoms with Gasteiger partial charge in [-0.1, -0.05) is 12.1 Å². The van der Waals surface area contributed by atoms with Crippen LogP contribution < -0.4 is 5.32 Å². The summed E-state index contributed by atoms with van der Waals surface area (Å²) in [5.41, 5.74) is 0.608. The molecule has 1 saturated heterocycles. The quantitative estimate of drug-likeness (QED) is 0.862. The average molecular weight is 251 g/mol. The van der Waals surface area contributed by atoms with Gasteiger partial charge in [0.1, 0.15) is 0 Å². The van der Waals surface area contributed by atoms with E-state index >= 15 is 0 Å². The minimum absolute atomic E-state index is 0.244. The molecule has 1 aliphatic carbocycles. The Bertz CT molecular complexity index is 434. The van der Waals surface area contributed by atoms with Crippen LogP contribution in [0.15, 0.2) is 18.2 Å². The molecular formula is C14H18FNO2. The van der Waals surface area contributed by atoms with Gasteiger partial charge in [-0.2, -0.15) is 0 Å². The molecule has 0 amide bonds. The first-order chi connectivity index (χ1) is 8.75. The summed E-state index contributed by atoms with van der Waals surface area (Å²) >= 11 is 0. The number of nitrogens with one attached hydrogen (secondary N) is 1. The Morgan fingerprint density at radius 2 is 2.17 bits per heavy atom. The van der Waals surface area contributed by atoms with Crippen molar-refractivity contribution in [3.63, 3.8) is 0 Å². The van der Waals surface area contributed by atoms with Crippen LogP contribution in [0.1, 0.15) is 24.8 Å². The van der Waals surface area contributed by atoms with E-state index in [-0.39, 0.29) is 5.75 Å². The maximum atomic E-state index is 13.2. The van der Waals surface area contributed by atoms with Gasteiger partial charge < -0.3 is 15.2 Å². The number of rotatable bonds is 4. The SMILES string of the molecule is Oc1c(F)cccc1CNC1CCOC1C1CC1. The van der Waals surface area contributed by atoms with Crippen molar-refractivity contribution in [2.45, 2.75) is 38.0 Å². The molecule has 4 heteroatoms. The fourth-order valence-corrected chi connectivity index (χ4v) is 2.66. The molecule has 2 fully saturated rings. The predicted molar refractivity (Wildman–Crippen MR) is 65.8 cm³/mol. The Balaban J connectivity index is 1.61. The van der Waals surface area contributed by atoms with Gasteiger partial charge in [0.25, 0.3) is 0 Å². The molecule has 0 spiro atoms. The fraction of sp³-hybridized carbons (Fsp3) is 0.571. The van der Waals surface area contributed by atoms with Gasteiger partial charge >= 0.3 is 0 Å². The third-order valence-electron chi connectivity index (χ3n) is 3.85. The Hall–Kier alpha value is -1.13. The minimum Gasteiger partial charge on any atom is -0.505 e. The van der Waals surface area contributed by atoms with Crippen LogP contribution in [0.5, 0.6) is 5.75 Å². The molecule has 18 heavy (non-hydrogen) atoms. The molecular weight excluding hydrogens is 233 g/mol. The number of aromatic hydroxyl groups is 1. The Morgan fingerprint density at radius 3 is 2.94 bits per heavy atom. The Kier molecular flexibility index (Phi) is 3.22. The molecule has 1 aromatic rings. The van der Waals surface area contributed by atoms with E-state index in [1.165, 1.54) is 18.9 Å². The summed E-state index contributed by atoms with van der Waals surface area (Å²) in [4.78, 5) is 0. The molecule has 3 rings (SSSR count). The van der Waals surface area contributed by atoms with Gasteiger partial charge in [0.05, 0.1) is 6.10 Å². The summed E-state index contributed by atoms with van der Waals surface area (Å²) in [6.45, 7) is 1.29. The monoisotopic (exact) mass is 251 g/mol. The van der Waals surface area contributed by atoms with E-state index in [9.17, 15) is 9.50 Å². The van der Waals surface area contributed by atoms with Gasteiger partial charge in [-0.25, -0.2) is 4.39 Å². The molecule has 1 aliphatic heterocycles. The first-order valence-electron chi connectivity index (χ1n) is 6.57. The number of hydrogen-bond acceptors (Lipinski definition) is 3. The third kappa shape index (κ3) is 2.35. The van der Waals surface area contributed by atoms with Crippen molar-refractivity contribution in [2.75, 3.05) is 6.61 Å². The highest BCUT2D eigenvalue weighted by atomic mass is 19.1. The number of phenolic OH excluding ortho intramolecular Hbond substituents is 1. The topological polar surface area (TPSA) is 41.5 Å². The second-order valence-electron chi connectivity index (χ2n) is 5.20. The molecule has 0 aromatic heterocycles. The molecule has 1 saturated carbocycles. The standard InChI is InChI=1S/C14H18FNO2/c15-11-3-1-2-10(13(11)17)8-16-12-6-7-18-14(12)9-4-5-9/h1-3,9,12,14,16-17H,4-8H2. The molecule has 98 valence electrons. The van der Waals surface area contributed by atoms with E-state index in [1.54, 1.807) is 12.1 Å². The van der Waals surface area contributed by atoms with E-state index in [4.69, 9.17) is 4.74 Å². The smallest absolute Gasteiger partial charge is 0.165 e. The van der Waals surface area contributed by atoms with Crippen molar-refractivity contribution < 1.29 is 14.2 Å². The number of halogens is 1. The van der Waals surface area contributed by atoms with Crippen LogP contribution in [0.4, 0.5) is 4.39 Å². The van der Waals surface area contributed by atoms with Crippen LogP contribution in [0.3, 0.4) is 0 Å². The summed E-state index contributed by atoms with van der Waals surface area (Å²) < 4.78 is 18.9. The van der Waals surface area contributed by atoms with Crippen LogP contribution in [-0.4, -0.2) is 23.9 Å². The van der Waals surface area contributed by atoms with E-state index in [1.807, 2.05) is 0 Å². The molecule has 1 aromatic carbocycles. The zero-order valence-corrected chi connectivity index (χ0v) is 10.2. The molecule has 3 nitrogen and oxygen atoms in total. The Morgan fingerprint density at radius 1 is 1.33 bits per heavy atom. The highest BCUT2D eigenvalue weighted by Crippen LogP contribution is 2.38. The zero-order valence-electron chi connectivity index (χ0n) is 10.2. The zero-order chi connectivity index (χ0) is 12.5. The third-order valence-corrected chi connectivity index (χ3v) is 3.85. The Labute approximate surface area is 106 Å². The molecule has 2 aliphatic rings. The summed E-state index contributed by atoms with van der Waals surface area (Å²) in [5, 5.41) is 13.0. The largest absolute Gasteiger partial charge is 0.505 e. The van der Waals surface area contributed by atoms with Crippen LogP contribution in [0, 0.1) is 11.7 Å². The average Bonchev–Trinajstić information content (AvgIpc) is 3.11. The van der Waals surface area contributed by atoms with Crippen LogP contribution >= 0.6 is 0 Å². The number of ether oxygens (including phenoxy) is 1. The second kappa shape index (κ2) is 4.86. The normalized spacial score (nSPS) is 27.6. The van der Waals surface area contributed by atoms with Gasteiger partial charge in [-0.15, -0.1) is 0 Å². The molecule has 2 atom stereocenters. The molecule has 1 heterocycles. The van der Waals surface area contributed by atoms with Crippen molar-refractivity contribution in [1.29, 1.82) is 0 Å². The fourth-order valence-electron chi connectivity index (χ4n) is 2.66. The number of phenols is 1. The highest BCUT2D eigenvalue weighted by molar-refractivity contribution is 5.33. The summed E-state index contributed by atoms with van der Waals surface area (Å²) in [6, 6.07) is 4.97. The number of para-hydroxylation sites is 1. The maximum absolute atomic E-state index is 13.2. The van der Waals surface area contributed by atoms with Crippen molar-refractivity contribution >= 4 is 0 Å². The first-order valence-corrected chi connectivity index (χ1v) is 6.57. The van der Waals surface area contributed by atoms with Gasteiger partial charge in [-0.3, -0.25) is 0 Å². The van der Waals surface area contributed by atoms with Gasteiger partial charge in [0, 0.05) is 24.8 Å². The maximum Gasteiger partial charge on any atom is 0.165 e. The van der Waals surface area contributed by atoms with E-state index in [2.05, 4.69) is 5.32 Å². The lowest BCUT2D eigenvalue weighted by molar-refractivity contribution is 0.0808. The lowest BCUT2D eigenvalue weighted by atomic mass is 10.1. The molecule has 2 unspecified atom stereocenters. The molecule has 2 N–H and O–H groups in total. The van der Waals surface area contributed by atoms with Crippen molar-refractivity contribution in [2.24, 2.45) is 5.92 Å². The number of benzene rings is 1. The van der Waals surface area contributed by atoms with Crippen molar-refractivity contribution in [1.82, 2.24) is 5.32 Å². The van der Waals surface area contributed by atoms with E-state index in [0.717, 1.165) is 13.0 Å². The van der Waals surface area contributed by atoms with Gasteiger partial charge in [0.2, 0.25) is 0 Å². The minimum atomic E-state index is -0.560. The first kappa shape index (κ1) is 11.9. The highest BCUT2D eigenvalue weighted by Gasteiger charge is 2.40. The van der Waals surface area contributed by atoms with Gasteiger partial charge in [0.15, 0.2) is 11.6 Å². The second-order valence-corrected chi connectivity index (χ2v) is 5.20.